The van der Waals surface area contributed by atoms with Crippen molar-refractivity contribution in [2.75, 3.05) is 0 Å². The van der Waals surface area contributed by atoms with Gasteiger partial charge in [0.25, 0.3) is 0 Å². The van der Waals surface area contributed by atoms with Crippen LogP contribution in [0.5, 0.6) is 5.88 Å². The van der Waals surface area contributed by atoms with Crippen LogP contribution in [-0.2, 0) is 0 Å². The summed E-state index contributed by atoms with van der Waals surface area (Å²) in [5, 5.41) is 0. The van der Waals surface area contributed by atoms with Crippen molar-refractivity contribution in [1.82, 2.24) is 9.97 Å². The highest BCUT2D eigenvalue weighted by Gasteiger charge is 1.99. The molecule has 0 spiro atoms. The second-order valence-electron chi connectivity index (χ2n) is 4.21. The Hall–Kier alpha value is -1.97. The summed E-state index contributed by atoms with van der Waals surface area (Å²) in [5.74, 6) is 0.473. The monoisotopic (exact) mass is 243 g/mol. The van der Waals surface area contributed by atoms with Crippen molar-refractivity contribution in [2.24, 2.45) is 4.99 Å². The molecule has 0 aliphatic carbocycles. The molecule has 0 saturated carbocycles. The summed E-state index contributed by atoms with van der Waals surface area (Å²) in [6.45, 7) is 4.21. The van der Waals surface area contributed by atoms with E-state index in [9.17, 15) is 0 Å². The molecule has 94 valence electrons. The highest BCUT2D eigenvalue weighted by molar-refractivity contribution is 5.74. The maximum Gasteiger partial charge on any atom is 0.239 e. The topological polar surface area (TPSA) is 47.4 Å². The molecular formula is C14H17N3O. The van der Waals surface area contributed by atoms with Gasteiger partial charge >= 0.3 is 0 Å². The van der Waals surface area contributed by atoms with Crippen LogP contribution in [-0.4, -0.2) is 22.4 Å². The molecule has 1 heterocycles. The molecule has 1 atom stereocenters. The molecule has 0 bridgehead atoms. The van der Waals surface area contributed by atoms with Crippen molar-refractivity contribution in [2.45, 2.75) is 32.7 Å². The third-order valence-electron chi connectivity index (χ3n) is 2.62. The second kappa shape index (κ2) is 6.10. The predicted octanol–water partition coefficient (Wildman–Crippen LogP) is 3.23. The number of fused-ring (bicyclic) bond motifs is 1. The number of hydrogen-bond donors (Lipinski definition) is 0. The largest absolute Gasteiger partial charge is 0.426 e. The molecule has 18 heavy (non-hydrogen) atoms. The van der Waals surface area contributed by atoms with E-state index < -0.39 is 0 Å². The minimum absolute atomic E-state index is 0.281. The lowest BCUT2D eigenvalue weighted by Crippen LogP contribution is -2.01. The lowest BCUT2D eigenvalue weighted by Gasteiger charge is -2.03. The summed E-state index contributed by atoms with van der Waals surface area (Å²) in [7, 11) is 0. The Balaban J connectivity index is 2.03. The molecule has 0 saturated heterocycles. The number of benzene rings is 1. The number of aromatic nitrogens is 2. The summed E-state index contributed by atoms with van der Waals surface area (Å²) < 4.78 is 5.37. The molecule has 1 aromatic carbocycles. The third kappa shape index (κ3) is 3.26. The fourth-order valence-electron chi connectivity index (χ4n) is 1.68. The molecule has 1 unspecified atom stereocenters. The van der Waals surface area contributed by atoms with E-state index >= 15 is 0 Å². The molecule has 0 amide bonds. The molecule has 0 N–H and O–H groups in total. The van der Waals surface area contributed by atoms with E-state index in [1.807, 2.05) is 24.3 Å². The summed E-state index contributed by atoms with van der Waals surface area (Å²) >= 11 is 0. The molecule has 0 aliphatic rings. The Kier molecular flexibility index (Phi) is 4.23. The first kappa shape index (κ1) is 12.5. The number of aliphatic imine (C=N–C) groups is 1. The molecular weight excluding hydrogens is 226 g/mol. The van der Waals surface area contributed by atoms with Crippen LogP contribution in [0.15, 0.2) is 35.5 Å². The number of para-hydroxylation sites is 2. The Bertz CT molecular complexity index is 539. The van der Waals surface area contributed by atoms with E-state index in [0.717, 1.165) is 23.9 Å². The summed E-state index contributed by atoms with van der Waals surface area (Å²) in [4.78, 5) is 12.9. The van der Waals surface area contributed by atoms with Crippen molar-refractivity contribution < 1.29 is 4.74 Å². The van der Waals surface area contributed by atoms with E-state index in [-0.39, 0.29) is 6.04 Å². The number of rotatable bonds is 5. The zero-order valence-electron chi connectivity index (χ0n) is 10.7. The lowest BCUT2D eigenvalue weighted by molar-refractivity contribution is 0.534. The van der Waals surface area contributed by atoms with Crippen LogP contribution >= 0.6 is 0 Å². The summed E-state index contributed by atoms with van der Waals surface area (Å²) in [6.07, 6.45) is 5.25. The van der Waals surface area contributed by atoms with Gasteiger partial charge in [0.2, 0.25) is 5.88 Å². The summed E-state index contributed by atoms with van der Waals surface area (Å²) in [5.41, 5.74) is 1.69. The molecule has 1 aromatic heterocycles. The summed E-state index contributed by atoms with van der Waals surface area (Å²) in [6, 6.07) is 7.97. The Morgan fingerprint density at radius 3 is 2.89 bits per heavy atom. The van der Waals surface area contributed by atoms with E-state index in [0.29, 0.717) is 5.88 Å². The van der Waals surface area contributed by atoms with E-state index in [1.165, 1.54) is 6.40 Å². The molecule has 2 rings (SSSR count). The Morgan fingerprint density at radius 2 is 2.11 bits per heavy atom. The zero-order valence-corrected chi connectivity index (χ0v) is 10.7. The van der Waals surface area contributed by atoms with Gasteiger partial charge in [-0.05, 0) is 25.5 Å². The van der Waals surface area contributed by atoms with Crippen LogP contribution in [0.25, 0.3) is 11.0 Å². The Morgan fingerprint density at radius 1 is 1.33 bits per heavy atom. The standard InChI is InChI=1S/C14H17N3O/c1-3-6-11(2)16-10-18-14-9-15-12-7-4-5-8-13(12)17-14/h4-5,7-11H,3,6H2,1-2H3. The Labute approximate surface area is 107 Å². The van der Waals surface area contributed by atoms with Gasteiger partial charge in [-0.1, -0.05) is 25.5 Å². The highest BCUT2D eigenvalue weighted by atomic mass is 16.5. The molecule has 0 radical (unpaired) electrons. The molecule has 0 fully saturated rings. The van der Waals surface area contributed by atoms with Gasteiger partial charge in [0.05, 0.1) is 23.3 Å². The van der Waals surface area contributed by atoms with E-state index in [1.54, 1.807) is 6.20 Å². The van der Waals surface area contributed by atoms with Gasteiger partial charge in [-0.25, -0.2) is 9.97 Å². The second-order valence-corrected chi connectivity index (χ2v) is 4.21. The van der Waals surface area contributed by atoms with E-state index in [2.05, 4.69) is 28.8 Å². The lowest BCUT2D eigenvalue weighted by atomic mass is 10.2. The zero-order chi connectivity index (χ0) is 12.8. The van der Waals surface area contributed by atoms with E-state index in [4.69, 9.17) is 4.74 Å². The first-order valence-corrected chi connectivity index (χ1v) is 6.19. The van der Waals surface area contributed by atoms with Crippen LogP contribution in [0.1, 0.15) is 26.7 Å². The first-order valence-electron chi connectivity index (χ1n) is 6.19. The fourth-order valence-corrected chi connectivity index (χ4v) is 1.68. The molecule has 4 nitrogen and oxygen atoms in total. The minimum atomic E-state index is 0.281. The fraction of sp³-hybridized carbons (Fsp3) is 0.357. The van der Waals surface area contributed by atoms with Gasteiger partial charge in [0, 0.05) is 0 Å². The number of nitrogens with zero attached hydrogens (tertiary/aromatic N) is 3. The highest BCUT2D eigenvalue weighted by Crippen LogP contribution is 2.12. The van der Waals surface area contributed by atoms with Crippen LogP contribution in [0.2, 0.25) is 0 Å². The van der Waals surface area contributed by atoms with Crippen LogP contribution in [0.4, 0.5) is 0 Å². The smallest absolute Gasteiger partial charge is 0.239 e. The quantitative estimate of drug-likeness (QED) is 0.598. The number of ether oxygens (including phenoxy) is 1. The maximum absolute atomic E-state index is 5.37. The van der Waals surface area contributed by atoms with Crippen molar-refractivity contribution >= 4 is 17.4 Å². The number of hydrogen-bond acceptors (Lipinski definition) is 4. The first-order chi connectivity index (χ1) is 8.79. The molecule has 4 heteroatoms. The van der Waals surface area contributed by atoms with Crippen molar-refractivity contribution in [3.8, 4) is 5.88 Å². The SMILES string of the molecule is CCCC(C)N=COc1cnc2ccccc2n1. The van der Waals surface area contributed by atoms with Gasteiger partial charge in [-0.15, -0.1) is 0 Å². The average Bonchev–Trinajstić information content (AvgIpc) is 2.39. The van der Waals surface area contributed by atoms with Crippen molar-refractivity contribution in [1.29, 1.82) is 0 Å². The third-order valence-corrected chi connectivity index (χ3v) is 2.62. The van der Waals surface area contributed by atoms with Gasteiger partial charge in [-0.3, -0.25) is 4.99 Å². The van der Waals surface area contributed by atoms with Crippen LogP contribution in [0.3, 0.4) is 0 Å². The van der Waals surface area contributed by atoms with Crippen molar-refractivity contribution in [3.05, 3.63) is 30.5 Å². The van der Waals surface area contributed by atoms with Gasteiger partial charge in [0.1, 0.15) is 0 Å². The van der Waals surface area contributed by atoms with Crippen LogP contribution < -0.4 is 4.74 Å². The van der Waals surface area contributed by atoms with Gasteiger partial charge in [0.15, 0.2) is 6.40 Å². The normalized spacial score (nSPS) is 13.0. The maximum atomic E-state index is 5.37. The van der Waals surface area contributed by atoms with Crippen LogP contribution in [0, 0.1) is 0 Å². The van der Waals surface area contributed by atoms with Gasteiger partial charge < -0.3 is 4.74 Å². The minimum Gasteiger partial charge on any atom is -0.426 e. The predicted molar refractivity (Wildman–Crippen MR) is 73.0 cm³/mol. The molecule has 2 aromatic rings. The average molecular weight is 243 g/mol. The molecule has 0 aliphatic heterocycles. The van der Waals surface area contributed by atoms with Gasteiger partial charge in [-0.2, -0.15) is 0 Å². The van der Waals surface area contributed by atoms with Crippen molar-refractivity contribution in [3.63, 3.8) is 0 Å².